The van der Waals surface area contributed by atoms with E-state index >= 15 is 0 Å². The van der Waals surface area contributed by atoms with E-state index in [1.54, 1.807) is 0 Å². The lowest BCUT2D eigenvalue weighted by Crippen LogP contribution is -2.46. The molecule has 0 heterocycles. The fourth-order valence-corrected chi connectivity index (χ4v) is 5.47. The molecule has 0 amide bonds. The molecule has 7 nitrogen and oxygen atoms in total. The van der Waals surface area contributed by atoms with E-state index in [0.717, 1.165) is 24.3 Å². The molecule has 0 atom stereocenters. The number of carboxylic acid groups (broad SMARTS) is 2. The Balaban J connectivity index is 0.000000383. The van der Waals surface area contributed by atoms with Gasteiger partial charge in [0.15, 0.2) is 0 Å². The number of quaternary nitrogens is 1. The largest absolute Gasteiger partial charge is 0.478 e. The predicted molar refractivity (Wildman–Crippen MR) is 138 cm³/mol. The van der Waals surface area contributed by atoms with Crippen molar-refractivity contribution < 1.29 is 32.7 Å². The van der Waals surface area contributed by atoms with Crippen LogP contribution in [-0.4, -0.2) is 61.7 Å². The highest BCUT2D eigenvalue weighted by molar-refractivity contribution is 7.91. The number of benzene rings is 2. The first-order chi connectivity index (χ1) is 16.5. The molecule has 2 aromatic carbocycles. The molecule has 0 aliphatic rings. The van der Waals surface area contributed by atoms with Gasteiger partial charge in [0, 0.05) is 0 Å². The summed E-state index contributed by atoms with van der Waals surface area (Å²) in [7, 11) is -1.81. The molecule has 0 radical (unpaired) electrons. The number of rotatable bonds is 13. The van der Waals surface area contributed by atoms with E-state index in [9.17, 15) is 18.0 Å². The summed E-state index contributed by atoms with van der Waals surface area (Å²) in [5.41, 5.74) is -0.810. The van der Waals surface area contributed by atoms with Gasteiger partial charge in [0.05, 0.1) is 47.6 Å². The van der Waals surface area contributed by atoms with E-state index in [-0.39, 0.29) is 0 Å². The number of nitrogens with zero attached hydrogens (tertiary/aromatic N) is 1. The first-order valence-electron chi connectivity index (χ1n) is 12.3. The Kier molecular flexibility index (Phi) is 12.7. The summed E-state index contributed by atoms with van der Waals surface area (Å²) < 4.78 is 26.4. The fraction of sp³-hybridized carbons (Fsp3) is 0.481. The van der Waals surface area contributed by atoms with Crippen molar-refractivity contribution in [2.75, 3.05) is 26.7 Å². The molecule has 0 spiro atoms. The summed E-state index contributed by atoms with van der Waals surface area (Å²) in [6.45, 7) is 11.0. The van der Waals surface area contributed by atoms with Gasteiger partial charge in [0.25, 0.3) is 0 Å². The maximum Gasteiger partial charge on any atom is 0.337 e. The number of aromatic carboxylic acids is 2. The lowest BCUT2D eigenvalue weighted by molar-refractivity contribution is -0.910. The maximum atomic E-state index is 12.6. The van der Waals surface area contributed by atoms with Crippen LogP contribution in [0.3, 0.4) is 0 Å². The highest BCUT2D eigenvalue weighted by Crippen LogP contribution is 2.26. The Bertz CT molecular complexity index is 980. The molecule has 2 N–H and O–H groups in total. The van der Waals surface area contributed by atoms with Crippen LogP contribution in [0.15, 0.2) is 58.3 Å². The summed E-state index contributed by atoms with van der Waals surface area (Å²) in [6, 6.07) is 10.1. The second-order valence-electron chi connectivity index (χ2n) is 8.96. The molecule has 35 heavy (non-hydrogen) atoms. The van der Waals surface area contributed by atoms with Gasteiger partial charge in [0.2, 0.25) is 9.84 Å². The van der Waals surface area contributed by atoms with Crippen LogP contribution >= 0.6 is 0 Å². The van der Waals surface area contributed by atoms with Crippen LogP contribution in [0, 0.1) is 0 Å². The van der Waals surface area contributed by atoms with E-state index < -0.39 is 42.7 Å². The van der Waals surface area contributed by atoms with Gasteiger partial charge in [-0.15, -0.1) is 0 Å². The minimum absolute atomic E-state index is 0.405. The SMILES string of the molecule is CCCC[N+](C)(CCCC)CCCC.O=C(O)c1ccccc1S(=O)(=O)c1ccccc1C(=O)O. The zero-order valence-electron chi connectivity index (χ0n) is 21.4. The third kappa shape index (κ3) is 9.11. The quantitative estimate of drug-likeness (QED) is 0.335. The van der Waals surface area contributed by atoms with Crippen LogP contribution in [0.1, 0.15) is 80.0 Å². The Morgan fingerprint density at radius 1 is 0.686 bits per heavy atom. The number of carboxylic acids is 2. The fourth-order valence-electron chi connectivity index (χ4n) is 3.83. The molecule has 0 aliphatic heterocycles. The smallest absolute Gasteiger partial charge is 0.337 e. The zero-order valence-corrected chi connectivity index (χ0v) is 22.2. The van der Waals surface area contributed by atoms with Gasteiger partial charge in [-0.2, -0.15) is 0 Å². The first kappa shape index (κ1) is 30.3. The average Bonchev–Trinajstić information content (AvgIpc) is 2.85. The lowest BCUT2D eigenvalue weighted by Gasteiger charge is -2.34. The van der Waals surface area contributed by atoms with Crippen molar-refractivity contribution in [2.45, 2.75) is 69.1 Å². The average molecular weight is 507 g/mol. The van der Waals surface area contributed by atoms with Crippen molar-refractivity contribution >= 4 is 21.8 Å². The molecule has 194 valence electrons. The Labute approximate surface area is 209 Å². The van der Waals surface area contributed by atoms with E-state index in [4.69, 9.17) is 10.2 Å². The second-order valence-corrected chi connectivity index (χ2v) is 10.8. The van der Waals surface area contributed by atoms with Crippen molar-refractivity contribution in [3.63, 3.8) is 0 Å². The Morgan fingerprint density at radius 3 is 1.29 bits per heavy atom. The van der Waals surface area contributed by atoms with E-state index in [0.29, 0.717) is 0 Å². The van der Waals surface area contributed by atoms with Gasteiger partial charge < -0.3 is 14.7 Å². The summed E-state index contributed by atoms with van der Waals surface area (Å²) in [6.07, 6.45) is 8.20. The van der Waals surface area contributed by atoms with Crippen LogP contribution in [0.4, 0.5) is 0 Å². The lowest BCUT2D eigenvalue weighted by atomic mass is 10.2. The van der Waals surface area contributed by atoms with Crippen molar-refractivity contribution in [2.24, 2.45) is 0 Å². The molecule has 0 aromatic heterocycles. The summed E-state index contributed by atoms with van der Waals surface area (Å²) in [5.74, 6) is -2.80. The Hall–Kier alpha value is -2.71. The third-order valence-electron chi connectivity index (χ3n) is 5.97. The van der Waals surface area contributed by atoms with Crippen LogP contribution in [0.2, 0.25) is 0 Å². The minimum atomic E-state index is -4.25. The molecule has 2 aromatic rings. The van der Waals surface area contributed by atoms with Gasteiger partial charge in [-0.3, -0.25) is 0 Å². The van der Waals surface area contributed by atoms with Gasteiger partial charge in [0.1, 0.15) is 0 Å². The predicted octanol–water partition coefficient (Wildman–Crippen LogP) is 5.75. The molecular formula is C27H40NO6S+. The standard InChI is InChI=1S/C14H10O6S.C13H30N/c15-13(16)9-5-1-3-7-11(9)21(19,20)12-8-4-2-6-10(12)14(17)18;1-5-8-11-14(4,12-9-6-2)13-10-7-3/h1-8H,(H,15,16)(H,17,18);5-13H2,1-4H3/q;+1. The summed E-state index contributed by atoms with van der Waals surface area (Å²) in [5, 5.41) is 18.1. The molecule has 0 unspecified atom stereocenters. The second kappa shape index (κ2) is 14.6. The molecule has 2 rings (SSSR count). The number of unbranched alkanes of at least 4 members (excludes halogenated alkanes) is 3. The van der Waals surface area contributed by atoms with Gasteiger partial charge >= 0.3 is 11.9 Å². The van der Waals surface area contributed by atoms with Gasteiger partial charge in [-0.1, -0.05) is 64.3 Å². The van der Waals surface area contributed by atoms with Crippen molar-refractivity contribution in [1.82, 2.24) is 0 Å². The third-order valence-corrected chi connectivity index (χ3v) is 7.84. The summed E-state index contributed by atoms with van der Waals surface area (Å²) in [4.78, 5) is 21.4. The van der Waals surface area contributed by atoms with E-state index in [2.05, 4.69) is 27.8 Å². The number of carbonyl (C=O) groups is 2. The van der Waals surface area contributed by atoms with Crippen LogP contribution < -0.4 is 0 Å². The minimum Gasteiger partial charge on any atom is -0.478 e. The van der Waals surface area contributed by atoms with E-state index in [1.165, 1.54) is 86.9 Å². The zero-order chi connectivity index (χ0) is 26.5. The highest BCUT2D eigenvalue weighted by Gasteiger charge is 2.28. The molecule has 8 heteroatoms. The highest BCUT2D eigenvalue weighted by atomic mass is 32.2. The van der Waals surface area contributed by atoms with Crippen LogP contribution in [0.25, 0.3) is 0 Å². The van der Waals surface area contributed by atoms with E-state index in [1.807, 2.05) is 0 Å². The molecule has 0 aliphatic carbocycles. The van der Waals surface area contributed by atoms with Crippen molar-refractivity contribution in [3.8, 4) is 0 Å². The van der Waals surface area contributed by atoms with Crippen LogP contribution in [0.5, 0.6) is 0 Å². The molecule has 0 bridgehead atoms. The number of sulfone groups is 1. The topological polar surface area (TPSA) is 109 Å². The number of hydrogen-bond acceptors (Lipinski definition) is 4. The number of hydrogen-bond donors (Lipinski definition) is 2. The van der Waals surface area contributed by atoms with Crippen LogP contribution in [-0.2, 0) is 9.84 Å². The Morgan fingerprint density at radius 2 is 1.00 bits per heavy atom. The van der Waals surface area contributed by atoms with Crippen molar-refractivity contribution in [3.05, 3.63) is 59.7 Å². The molecular weight excluding hydrogens is 466 g/mol. The maximum absolute atomic E-state index is 12.6. The molecule has 0 saturated carbocycles. The molecule has 0 saturated heterocycles. The molecule has 0 fully saturated rings. The van der Waals surface area contributed by atoms with Crippen molar-refractivity contribution in [1.29, 1.82) is 0 Å². The first-order valence-corrected chi connectivity index (χ1v) is 13.8. The summed E-state index contributed by atoms with van der Waals surface area (Å²) >= 11 is 0. The van der Waals surface area contributed by atoms with Gasteiger partial charge in [-0.25, -0.2) is 18.0 Å². The van der Waals surface area contributed by atoms with Gasteiger partial charge in [-0.05, 0) is 43.5 Å². The monoisotopic (exact) mass is 506 g/mol. The normalized spacial score (nSPS) is 11.4.